The first-order chi connectivity index (χ1) is 44.1. The molecule has 14 heteroatoms. The average molecular weight is 1270 g/mol. The summed E-state index contributed by atoms with van der Waals surface area (Å²) >= 11 is 0. The van der Waals surface area contributed by atoms with E-state index in [-0.39, 0.29) is 18.9 Å². The van der Waals surface area contributed by atoms with E-state index in [0.29, 0.717) is 6.42 Å². The lowest BCUT2D eigenvalue weighted by molar-refractivity contribution is -0.359. The molecule has 0 bridgehead atoms. The van der Waals surface area contributed by atoms with Crippen LogP contribution in [-0.2, 0) is 23.7 Å². The Morgan fingerprint density at radius 2 is 0.767 bits per heavy atom. The van der Waals surface area contributed by atoms with Gasteiger partial charge in [0.15, 0.2) is 12.6 Å². The van der Waals surface area contributed by atoms with Crippen molar-refractivity contribution in [3.8, 4) is 0 Å². The van der Waals surface area contributed by atoms with Crippen LogP contribution in [-0.4, -0.2) is 140 Å². The van der Waals surface area contributed by atoms with Gasteiger partial charge in [0.1, 0.15) is 48.8 Å². The van der Waals surface area contributed by atoms with Gasteiger partial charge in [0.2, 0.25) is 5.91 Å². The molecule has 2 aliphatic rings. The van der Waals surface area contributed by atoms with Gasteiger partial charge in [-0.1, -0.05) is 319 Å². The average Bonchev–Trinajstić information content (AvgIpc) is 1.26. The molecule has 12 atom stereocenters. The zero-order valence-electron chi connectivity index (χ0n) is 57.4. The lowest BCUT2D eigenvalue weighted by atomic mass is 9.97. The molecule has 0 aromatic carbocycles. The number of amides is 1. The summed E-state index contributed by atoms with van der Waals surface area (Å²) in [5, 5.41) is 87.6. The van der Waals surface area contributed by atoms with Gasteiger partial charge < -0.3 is 65.1 Å². The van der Waals surface area contributed by atoms with Gasteiger partial charge in [-0.2, -0.15) is 0 Å². The van der Waals surface area contributed by atoms with Crippen LogP contribution in [0.1, 0.15) is 322 Å². The van der Waals surface area contributed by atoms with Crippen molar-refractivity contribution in [3.05, 3.63) is 60.8 Å². The Balaban J connectivity index is 1.65. The Kier molecular flexibility index (Phi) is 56.2. The third kappa shape index (κ3) is 43.6. The molecule has 0 aliphatic carbocycles. The Morgan fingerprint density at radius 1 is 0.411 bits per heavy atom. The minimum absolute atomic E-state index is 0.236. The van der Waals surface area contributed by atoms with Crippen LogP contribution in [0.4, 0.5) is 0 Å². The molecule has 12 unspecified atom stereocenters. The van der Waals surface area contributed by atoms with E-state index in [4.69, 9.17) is 18.9 Å². The van der Waals surface area contributed by atoms with Gasteiger partial charge in [0.25, 0.3) is 0 Å². The molecule has 2 aliphatic heterocycles. The van der Waals surface area contributed by atoms with Crippen LogP contribution >= 0.6 is 0 Å². The summed E-state index contributed by atoms with van der Waals surface area (Å²) in [5.74, 6) is -0.236. The van der Waals surface area contributed by atoms with Crippen LogP contribution in [0.3, 0.4) is 0 Å². The minimum Gasteiger partial charge on any atom is -0.394 e. The van der Waals surface area contributed by atoms with Crippen molar-refractivity contribution in [1.82, 2.24) is 5.32 Å². The highest BCUT2D eigenvalue weighted by Gasteiger charge is 2.51. The summed E-state index contributed by atoms with van der Waals surface area (Å²) in [6.45, 7) is 2.74. The summed E-state index contributed by atoms with van der Waals surface area (Å²) in [6, 6.07) is -0.918. The second-order valence-corrected chi connectivity index (χ2v) is 26.4. The number of rotatable bonds is 62. The van der Waals surface area contributed by atoms with Gasteiger partial charge in [0, 0.05) is 6.42 Å². The van der Waals surface area contributed by atoms with Gasteiger partial charge in [0.05, 0.1) is 32.0 Å². The van der Waals surface area contributed by atoms with Gasteiger partial charge >= 0.3 is 0 Å². The van der Waals surface area contributed by atoms with Crippen molar-refractivity contribution in [2.45, 2.75) is 396 Å². The maximum atomic E-state index is 13.4. The van der Waals surface area contributed by atoms with E-state index in [1.807, 2.05) is 6.08 Å². The zero-order valence-corrected chi connectivity index (χ0v) is 57.4. The summed E-state index contributed by atoms with van der Waals surface area (Å²) in [5.41, 5.74) is 0. The predicted molar refractivity (Wildman–Crippen MR) is 369 cm³/mol. The first-order valence-electron chi connectivity index (χ1n) is 37.5. The number of carbonyl (C=O) groups excluding carboxylic acids is 1. The Labute approximate surface area is 549 Å². The van der Waals surface area contributed by atoms with Crippen molar-refractivity contribution in [2.75, 3.05) is 19.8 Å². The number of ether oxygens (including phenoxy) is 4. The number of carbonyl (C=O) groups is 1. The summed E-state index contributed by atoms with van der Waals surface area (Å²) in [4.78, 5) is 13.4. The first kappa shape index (κ1) is 83.8. The van der Waals surface area contributed by atoms with E-state index in [1.54, 1.807) is 6.08 Å². The maximum absolute atomic E-state index is 13.4. The monoisotopic (exact) mass is 1270 g/mol. The van der Waals surface area contributed by atoms with Gasteiger partial charge in [-0.25, -0.2) is 0 Å². The molecule has 0 spiro atoms. The van der Waals surface area contributed by atoms with Crippen LogP contribution in [0.15, 0.2) is 60.8 Å². The molecular formula is C76H139NO13. The fourth-order valence-corrected chi connectivity index (χ4v) is 12.3. The predicted octanol–water partition coefficient (Wildman–Crippen LogP) is 16.0. The largest absolute Gasteiger partial charge is 0.394 e. The highest BCUT2D eigenvalue weighted by Crippen LogP contribution is 2.30. The molecule has 0 aromatic heterocycles. The van der Waals surface area contributed by atoms with Crippen molar-refractivity contribution in [2.24, 2.45) is 0 Å². The van der Waals surface area contributed by atoms with Crippen LogP contribution in [0, 0.1) is 0 Å². The first-order valence-corrected chi connectivity index (χ1v) is 37.5. The van der Waals surface area contributed by atoms with Crippen LogP contribution in [0.25, 0.3) is 0 Å². The molecule has 0 saturated carbocycles. The quantitative estimate of drug-likeness (QED) is 0.0204. The van der Waals surface area contributed by atoms with Gasteiger partial charge in [-0.3, -0.25) is 4.79 Å². The number of unbranched alkanes of at least 4 members (excludes halogenated alkanes) is 41. The molecule has 2 heterocycles. The van der Waals surface area contributed by atoms with Gasteiger partial charge in [-0.15, -0.1) is 0 Å². The van der Waals surface area contributed by atoms with E-state index in [9.17, 15) is 45.6 Å². The smallest absolute Gasteiger partial charge is 0.220 e. The molecule has 2 rings (SSSR count). The minimum atomic E-state index is -1.79. The highest BCUT2D eigenvalue weighted by molar-refractivity contribution is 5.76. The van der Waals surface area contributed by atoms with Crippen molar-refractivity contribution in [3.63, 3.8) is 0 Å². The Hall–Kier alpha value is -2.31. The van der Waals surface area contributed by atoms with Crippen LogP contribution in [0.2, 0.25) is 0 Å². The van der Waals surface area contributed by atoms with E-state index in [1.165, 1.54) is 231 Å². The van der Waals surface area contributed by atoms with Crippen molar-refractivity contribution < 1.29 is 64.6 Å². The van der Waals surface area contributed by atoms with Crippen LogP contribution in [0.5, 0.6) is 0 Å². The van der Waals surface area contributed by atoms with Crippen LogP contribution < -0.4 is 5.32 Å². The fourth-order valence-electron chi connectivity index (χ4n) is 12.3. The summed E-state index contributed by atoms with van der Waals surface area (Å²) in [7, 11) is 0. The molecule has 0 radical (unpaired) electrons. The number of aliphatic hydroxyl groups excluding tert-OH is 8. The van der Waals surface area contributed by atoms with E-state index in [2.05, 4.69) is 67.8 Å². The topological polar surface area (TPSA) is 228 Å². The molecule has 1 amide bonds. The zero-order chi connectivity index (χ0) is 65.2. The van der Waals surface area contributed by atoms with Crippen molar-refractivity contribution >= 4 is 5.91 Å². The molecule has 9 N–H and O–H groups in total. The molecule has 90 heavy (non-hydrogen) atoms. The van der Waals surface area contributed by atoms with Crippen molar-refractivity contribution in [1.29, 1.82) is 0 Å². The molecule has 526 valence electrons. The molecule has 0 aromatic rings. The lowest BCUT2D eigenvalue weighted by Crippen LogP contribution is -2.65. The number of hydrogen-bond donors (Lipinski definition) is 9. The molecule has 2 fully saturated rings. The van der Waals surface area contributed by atoms with E-state index in [0.717, 1.165) is 64.2 Å². The summed E-state index contributed by atoms with van der Waals surface area (Å²) in [6.07, 6.45) is 64.2. The standard InChI is InChI=1S/C76H139NO13/c1-3-5-7-9-11-13-15-17-19-21-23-25-27-29-31-32-34-36-38-40-42-44-46-48-50-52-54-56-58-60-68(81)77-64(63-87-75-73(86)71(84)74(67(62-79)89-75)90-76-72(85)70(83)69(82)66(61-78)88-76)65(80)59-57-55-53-51-49-47-45-43-41-39-37-35-33-30-28-26-24-22-20-18-16-14-12-10-8-6-4-2/h5,7,11,13,17,19,23,25,57,59,64-67,69-76,78-80,82-86H,3-4,6,8-10,12,14-16,18,20-22,24,26-56,58,60-63H2,1-2H3,(H,77,81)/b7-5-,13-11-,19-17-,25-23-,59-57+. The summed E-state index contributed by atoms with van der Waals surface area (Å²) < 4.78 is 22.9. The normalized spacial score (nSPS) is 23.2. The SMILES string of the molecule is CC/C=C\C/C=C\C/C=C\C/C=C\CCCCCCCCCCCCCCCCCCC(=O)NC(COC1OC(CO)C(OC2OC(CO)C(O)C(O)C2O)C(O)C1O)C(O)/C=C/CCCCCCCCCCCCCCCCCCCCCCCCCCC. The highest BCUT2D eigenvalue weighted by atomic mass is 16.7. The third-order valence-corrected chi connectivity index (χ3v) is 18.2. The lowest BCUT2D eigenvalue weighted by Gasteiger charge is -2.46. The number of nitrogens with one attached hydrogen (secondary N) is 1. The molecule has 14 nitrogen and oxygen atoms in total. The maximum Gasteiger partial charge on any atom is 0.220 e. The van der Waals surface area contributed by atoms with E-state index >= 15 is 0 Å². The Morgan fingerprint density at radius 3 is 1.18 bits per heavy atom. The Bertz CT molecular complexity index is 1740. The number of allylic oxidation sites excluding steroid dienone is 9. The van der Waals surface area contributed by atoms with E-state index < -0.39 is 86.8 Å². The second-order valence-electron chi connectivity index (χ2n) is 26.4. The van der Waals surface area contributed by atoms with Gasteiger partial charge in [-0.05, 0) is 57.8 Å². The molecule has 2 saturated heterocycles. The third-order valence-electron chi connectivity index (χ3n) is 18.2. The second kappa shape index (κ2) is 60.4. The molecular weight excluding hydrogens is 1130 g/mol. The fraction of sp³-hybridized carbons (Fsp3) is 0.855. The number of aliphatic hydroxyl groups is 8. The number of hydrogen-bond acceptors (Lipinski definition) is 13.